The number of aromatic nitrogens is 1. The lowest BCUT2D eigenvalue weighted by Crippen LogP contribution is -2.12. The first kappa shape index (κ1) is 10.9. The van der Waals surface area contributed by atoms with Crippen molar-refractivity contribution in [2.24, 2.45) is 5.92 Å². The Morgan fingerprint density at radius 3 is 2.87 bits per heavy atom. The van der Waals surface area contributed by atoms with E-state index in [9.17, 15) is 0 Å². The standard InChI is InChI=1S/C12H17BrN2/c1-9-6-11(13)12(14-7-9)15-8-10-4-2-3-5-10/h6-7,10H,2-5,8H2,1H3,(H,14,15). The van der Waals surface area contributed by atoms with Crippen LogP contribution in [-0.2, 0) is 0 Å². The van der Waals surface area contributed by atoms with Crippen LogP contribution in [0.2, 0.25) is 0 Å². The number of nitrogens with one attached hydrogen (secondary N) is 1. The van der Waals surface area contributed by atoms with Crippen molar-refractivity contribution in [2.75, 3.05) is 11.9 Å². The van der Waals surface area contributed by atoms with Gasteiger partial charge in [0, 0.05) is 12.7 Å². The molecule has 1 aliphatic carbocycles. The molecule has 15 heavy (non-hydrogen) atoms. The molecule has 1 N–H and O–H groups in total. The van der Waals surface area contributed by atoms with Crippen LogP contribution in [0.5, 0.6) is 0 Å². The predicted octanol–water partition coefficient (Wildman–Crippen LogP) is 3.75. The SMILES string of the molecule is Cc1cnc(NCC2CCCC2)c(Br)c1. The molecule has 0 bridgehead atoms. The first-order chi connectivity index (χ1) is 7.25. The van der Waals surface area contributed by atoms with Gasteiger partial charge in [-0.25, -0.2) is 4.98 Å². The van der Waals surface area contributed by atoms with Crippen molar-refractivity contribution in [2.45, 2.75) is 32.6 Å². The normalized spacial score (nSPS) is 16.9. The molecule has 0 amide bonds. The molecule has 2 rings (SSSR count). The van der Waals surface area contributed by atoms with Gasteiger partial charge in [-0.15, -0.1) is 0 Å². The van der Waals surface area contributed by atoms with E-state index in [1.54, 1.807) is 0 Å². The summed E-state index contributed by atoms with van der Waals surface area (Å²) in [5, 5.41) is 3.42. The van der Waals surface area contributed by atoms with Crippen molar-refractivity contribution >= 4 is 21.7 Å². The average Bonchev–Trinajstić information content (AvgIpc) is 2.69. The predicted molar refractivity (Wildman–Crippen MR) is 67.1 cm³/mol. The maximum absolute atomic E-state index is 4.38. The highest BCUT2D eigenvalue weighted by Gasteiger charge is 2.14. The van der Waals surface area contributed by atoms with Crippen molar-refractivity contribution in [3.63, 3.8) is 0 Å². The first-order valence-electron chi connectivity index (χ1n) is 5.62. The largest absolute Gasteiger partial charge is 0.369 e. The number of anilines is 1. The zero-order chi connectivity index (χ0) is 10.7. The van der Waals surface area contributed by atoms with E-state index in [4.69, 9.17) is 0 Å². The van der Waals surface area contributed by atoms with E-state index in [1.165, 1.54) is 31.2 Å². The van der Waals surface area contributed by atoms with E-state index >= 15 is 0 Å². The van der Waals surface area contributed by atoms with E-state index < -0.39 is 0 Å². The fourth-order valence-corrected chi connectivity index (χ4v) is 2.72. The number of halogens is 1. The first-order valence-corrected chi connectivity index (χ1v) is 6.41. The van der Waals surface area contributed by atoms with Gasteiger partial charge in [-0.05, 0) is 53.2 Å². The van der Waals surface area contributed by atoms with Gasteiger partial charge < -0.3 is 5.32 Å². The van der Waals surface area contributed by atoms with Crippen LogP contribution in [-0.4, -0.2) is 11.5 Å². The van der Waals surface area contributed by atoms with Crippen molar-refractivity contribution in [1.29, 1.82) is 0 Å². The highest BCUT2D eigenvalue weighted by Crippen LogP contribution is 2.26. The third-order valence-corrected chi connectivity index (χ3v) is 3.62. The Hall–Kier alpha value is -0.570. The Kier molecular flexibility index (Phi) is 3.62. The van der Waals surface area contributed by atoms with Gasteiger partial charge in [0.1, 0.15) is 5.82 Å². The minimum Gasteiger partial charge on any atom is -0.369 e. The van der Waals surface area contributed by atoms with Crippen molar-refractivity contribution < 1.29 is 0 Å². The summed E-state index contributed by atoms with van der Waals surface area (Å²) in [5.41, 5.74) is 1.19. The molecule has 1 aromatic heterocycles. The van der Waals surface area contributed by atoms with Crippen LogP contribution in [0.4, 0.5) is 5.82 Å². The molecular formula is C12H17BrN2. The molecule has 0 aliphatic heterocycles. The second-order valence-corrected chi connectivity index (χ2v) is 5.23. The lowest BCUT2D eigenvalue weighted by molar-refractivity contribution is 0.579. The van der Waals surface area contributed by atoms with Gasteiger partial charge in [0.15, 0.2) is 0 Å². The van der Waals surface area contributed by atoms with Crippen LogP contribution in [0.15, 0.2) is 16.7 Å². The molecule has 0 spiro atoms. The van der Waals surface area contributed by atoms with Gasteiger partial charge >= 0.3 is 0 Å². The summed E-state index contributed by atoms with van der Waals surface area (Å²) in [6.45, 7) is 3.12. The van der Waals surface area contributed by atoms with E-state index in [-0.39, 0.29) is 0 Å². The molecule has 1 heterocycles. The van der Waals surface area contributed by atoms with Gasteiger partial charge in [0.25, 0.3) is 0 Å². The number of hydrogen-bond donors (Lipinski definition) is 1. The second kappa shape index (κ2) is 4.97. The van der Waals surface area contributed by atoms with Crippen LogP contribution in [0, 0.1) is 12.8 Å². The topological polar surface area (TPSA) is 24.9 Å². The van der Waals surface area contributed by atoms with Crippen LogP contribution in [0.25, 0.3) is 0 Å². The fraction of sp³-hybridized carbons (Fsp3) is 0.583. The zero-order valence-corrected chi connectivity index (χ0v) is 10.7. The average molecular weight is 269 g/mol. The third-order valence-electron chi connectivity index (χ3n) is 3.01. The molecule has 0 unspecified atom stereocenters. The van der Waals surface area contributed by atoms with E-state index in [2.05, 4.69) is 39.2 Å². The van der Waals surface area contributed by atoms with Gasteiger partial charge in [0.2, 0.25) is 0 Å². The highest BCUT2D eigenvalue weighted by molar-refractivity contribution is 9.10. The summed E-state index contributed by atoms with van der Waals surface area (Å²) in [6.07, 6.45) is 7.44. The van der Waals surface area contributed by atoms with Gasteiger partial charge in [0.05, 0.1) is 4.47 Å². The zero-order valence-electron chi connectivity index (χ0n) is 9.09. The molecule has 0 atom stereocenters. The van der Waals surface area contributed by atoms with Crippen LogP contribution >= 0.6 is 15.9 Å². The number of nitrogens with zero attached hydrogens (tertiary/aromatic N) is 1. The Morgan fingerprint density at radius 1 is 1.47 bits per heavy atom. The molecule has 1 aliphatic rings. The minimum atomic E-state index is 0.847. The Bertz CT molecular complexity index is 332. The van der Waals surface area contributed by atoms with Crippen LogP contribution < -0.4 is 5.32 Å². The number of hydrogen-bond acceptors (Lipinski definition) is 2. The fourth-order valence-electron chi connectivity index (χ4n) is 2.12. The van der Waals surface area contributed by atoms with E-state index in [1.807, 2.05) is 6.20 Å². The van der Waals surface area contributed by atoms with Crippen molar-refractivity contribution in [1.82, 2.24) is 4.98 Å². The number of rotatable bonds is 3. The lowest BCUT2D eigenvalue weighted by atomic mass is 10.1. The molecule has 0 aromatic carbocycles. The molecule has 1 aromatic rings. The van der Waals surface area contributed by atoms with Crippen LogP contribution in [0.1, 0.15) is 31.2 Å². The molecular weight excluding hydrogens is 252 g/mol. The van der Waals surface area contributed by atoms with Gasteiger partial charge in [-0.2, -0.15) is 0 Å². The summed E-state index contributed by atoms with van der Waals surface area (Å²) in [5.74, 6) is 1.83. The molecule has 2 nitrogen and oxygen atoms in total. The summed E-state index contributed by atoms with van der Waals surface area (Å²) in [6, 6.07) is 2.10. The summed E-state index contributed by atoms with van der Waals surface area (Å²) < 4.78 is 1.07. The molecule has 1 fully saturated rings. The van der Waals surface area contributed by atoms with Gasteiger partial charge in [-0.1, -0.05) is 12.8 Å². The maximum Gasteiger partial charge on any atom is 0.140 e. The monoisotopic (exact) mass is 268 g/mol. The van der Waals surface area contributed by atoms with E-state index in [0.717, 1.165) is 22.8 Å². The summed E-state index contributed by atoms with van der Waals surface area (Å²) in [4.78, 5) is 4.38. The van der Waals surface area contributed by atoms with Crippen LogP contribution in [0.3, 0.4) is 0 Å². The molecule has 3 heteroatoms. The molecule has 82 valence electrons. The second-order valence-electron chi connectivity index (χ2n) is 4.37. The summed E-state index contributed by atoms with van der Waals surface area (Å²) in [7, 11) is 0. The maximum atomic E-state index is 4.38. The smallest absolute Gasteiger partial charge is 0.140 e. The van der Waals surface area contributed by atoms with Gasteiger partial charge in [-0.3, -0.25) is 0 Å². The number of aryl methyl sites for hydroxylation is 1. The minimum absolute atomic E-state index is 0.847. The molecule has 0 radical (unpaired) electrons. The Balaban J connectivity index is 1.92. The molecule has 1 saturated carbocycles. The molecule has 0 saturated heterocycles. The van der Waals surface area contributed by atoms with E-state index in [0.29, 0.717) is 0 Å². The summed E-state index contributed by atoms with van der Waals surface area (Å²) >= 11 is 3.53. The Labute approximate surface area is 99.6 Å². The van der Waals surface area contributed by atoms with Crippen molar-refractivity contribution in [3.8, 4) is 0 Å². The quantitative estimate of drug-likeness (QED) is 0.903. The Morgan fingerprint density at radius 2 is 2.20 bits per heavy atom. The number of pyridine rings is 1. The van der Waals surface area contributed by atoms with Crippen molar-refractivity contribution in [3.05, 3.63) is 22.3 Å². The highest BCUT2D eigenvalue weighted by atomic mass is 79.9. The lowest BCUT2D eigenvalue weighted by Gasteiger charge is -2.12. The third kappa shape index (κ3) is 2.94.